The van der Waals surface area contributed by atoms with E-state index in [1.165, 1.54) is 0 Å². The van der Waals surface area contributed by atoms with Crippen LogP contribution in [-0.4, -0.2) is 25.0 Å². The average Bonchev–Trinajstić information content (AvgIpc) is 2.71. The van der Waals surface area contributed by atoms with E-state index >= 15 is 0 Å². The molecular formula is C16H15Cl2N3O. The molecular weight excluding hydrogens is 321 g/mol. The van der Waals surface area contributed by atoms with Gasteiger partial charge in [-0.25, -0.2) is 4.99 Å². The lowest BCUT2D eigenvalue weighted by Crippen LogP contribution is -2.40. The summed E-state index contributed by atoms with van der Waals surface area (Å²) in [7, 11) is 3.77. The van der Waals surface area contributed by atoms with Gasteiger partial charge in [-0.15, -0.1) is 0 Å². The van der Waals surface area contributed by atoms with Gasteiger partial charge < -0.3 is 15.7 Å². The fraction of sp³-hybridized carbons (Fsp3) is 0.188. The van der Waals surface area contributed by atoms with E-state index in [4.69, 9.17) is 28.9 Å². The lowest BCUT2D eigenvalue weighted by atomic mass is 9.85. The molecule has 2 aromatic rings. The first kappa shape index (κ1) is 15.2. The largest absolute Gasteiger partial charge is 0.384 e. The van der Waals surface area contributed by atoms with Gasteiger partial charge in [0.1, 0.15) is 5.84 Å². The summed E-state index contributed by atoms with van der Waals surface area (Å²) in [6.45, 7) is 0. The van der Waals surface area contributed by atoms with Crippen LogP contribution in [0.2, 0.25) is 10.0 Å². The van der Waals surface area contributed by atoms with Crippen molar-refractivity contribution in [2.45, 2.75) is 5.60 Å². The van der Waals surface area contributed by atoms with Crippen molar-refractivity contribution in [3.05, 3.63) is 57.6 Å². The van der Waals surface area contributed by atoms with Gasteiger partial charge in [-0.3, -0.25) is 0 Å². The first-order chi connectivity index (χ1) is 10.3. The topological polar surface area (TPSA) is 61.8 Å². The Morgan fingerprint density at radius 1 is 1.05 bits per heavy atom. The van der Waals surface area contributed by atoms with E-state index in [1.807, 2.05) is 25.1 Å². The minimum atomic E-state index is -1.55. The molecule has 0 amide bonds. The summed E-state index contributed by atoms with van der Waals surface area (Å²) >= 11 is 12.2. The molecule has 0 radical (unpaired) electrons. The van der Waals surface area contributed by atoms with E-state index in [9.17, 15) is 5.11 Å². The minimum Gasteiger partial charge on any atom is -0.384 e. The molecule has 0 fully saturated rings. The molecule has 1 heterocycles. The van der Waals surface area contributed by atoms with E-state index in [0.717, 1.165) is 5.69 Å². The molecule has 3 N–H and O–H groups in total. The first-order valence-electron chi connectivity index (χ1n) is 6.68. The molecule has 0 saturated heterocycles. The lowest BCUT2D eigenvalue weighted by molar-refractivity contribution is 0.159. The SMILES string of the molecule is CN(C)c1ccc(Cl)cc1C1(O)C(N)=Nc2ccc(Cl)cc21. The van der Waals surface area contributed by atoms with Gasteiger partial charge in [0.05, 0.1) is 5.69 Å². The third-order valence-electron chi connectivity index (χ3n) is 3.79. The van der Waals surface area contributed by atoms with Gasteiger partial charge >= 0.3 is 0 Å². The monoisotopic (exact) mass is 335 g/mol. The standard InChI is InChI=1S/C16H15Cl2N3O/c1-21(2)14-6-4-10(18)8-12(14)16(22)11-7-9(17)3-5-13(11)20-15(16)19/h3-8,22H,1-2H3,(H2,19,20). The van der Waals surface area contributed by atoms with Crippen molar-refractivity contribution in [2.75, 3.05) is 19.0 Å². The zero-order chi connectivity index (χ0) is 16.1. The summed E-state index contributed by atoms with van der Waals surface area (Å²) in [5.41, 5.74) is 7.05. The van der Waals surface area contributed by atoms with E-state index in [0.29, 0.717) is 26.9 Å². The fourth-order valence-electron chi connectivity index (χ4n) is 2.72. The number of anilines is 1. The number of hydrogen-bond donors (Lipinski definition) is 2. The molecule has 3 rings (SSSR count). The van der Waals surface area contributed by atoms with Crippen LogP contribution in [0.25, 0.3) is 0 Å². The molecule has 1 atom stereocenters. The Morgan fingerprint density at radius 3 is 2.27 bits per heavy atom. The molecule has 6 heteroatoms. The van der Waals surface area contributed by atoms with Crippen LogP contribution in [0.5, 0.6) is 0 Å². The normalized spacial score (nSPS) is 19.8. The summed E-state index contributed by atoms with van der Waals surface area (Å²) < 4.78 is 0. The molecule has 1 aliphatic heterocycles. The van der Waals surface area contributed by atoms with Crippen molar-refractivity contribution in [2.24, 2.45) is 10.7 Å². The molecule has 0 spiro atoms. The van der Waals surface area contributed by atoms with E-state index < -0.39 is 5.60 Å². The summed E-state index contributed by atoms with van der Waals surface area (Å²) in [6, 6.07) is 10.4. The summed E-state index contributed by atoms with van der Waals surface area (Å²) in [5, 5.41) is 12.4. The van der Waals surface area contributed by atoms with Crippen LogP contribution in [0.4, 0.5) is 11.4 Å². The third-order valence-corrected chi connectivity index (χ3v) is 4.26. The van der Waals surface area contributed by atoms with Gasteiger partial charge in [-0.2, -0.15) is 0 Å². The highest BCUT2D eigenvalue weighted by Gasteiger charge is 2.44. The third kappa shape index (κ3) is 2.15. The number of fused-ring (bicyclic) bond motifs is 1. The summed E-state index contributed by atoms with van der Waals surface area (Å²) in [6.07, 6.45) is 0. The lowest BCUT2D eigenvalue weighted by Gasteiger charge is -2.29. The molecule has 4 nitrogen and oxygen atoms in total. The Hall–Kier alpha value is -1.75. The quantitative estimate of drug-likeness (QED) is 0.885. The number of aliphatic hydroxyl groups is 1. The van der Waals surface area contributed by atoms with Gasteiger partial charge in [-0.05, 0) is 36.4 Å². The Morgan fingerprint density at radius 2 is 1.64 bits per heavy atom. The number of aliphatic imine (C=N–C) groups is 1. The Labute approximate surface area is 138 Å². The van der Waals surface area contributed by atoms with E-state index in [2.05, 4.69) is 4.99 Å². The van der Waals surface area contributed by atoms with Crippen molar-refractivity contribution < 1.29 is 5.11 Å². The maximum atomic E-state index is 11.4. The van der Waals surface area contributed by atoms with Crippen LogP contribution >= 0.6 is 23.2 Å². The summed E-state index contributed by atoms with van der Waals surface area (Å²) in [4.78, 5) is 6.17. The van der Waals surface area contributed by atoms with Crippen molar-refractivity contribution >= 4 is 40.4 Å². The molecule has 0 saturated carbocycles. The number of hydrogen-bond acceptors (Lipinski definition) is 4. The van der Waals surface area contributed by atoms with E-state index in [-0.39, 0.29) is 5.84 Å². The van der Waals surface area contributed by atoms with Gasteiger partial charge in [0.2, 0.25) is 0 Å². The Bertz CT molecular complexity index is 789. The number of halogens is 2. The van der Waals surface area contributed by atoms with Crippen LogP contribution in [0.1, 0.15) is 11.1 Å². The van der Waals surface area contributed by atoms with Crippen molar-refractivity contribution in [1.82, 2.24) is 0 Å². The highest BCUT2D eigenvalue weighted by molar-refractivity contribution is 6.31. The minimum absolute atomic E-state index is 0.107. The molecule has 1 unspecified atom stereocenters. The maximum absolute atomic E-state index is 11.4. The predicted molar refractivity (Wildman–Crippen MR) is 91.5 cm³/mol. The number of amidine groups is 1. The Kier molecular flexibility index (Phi) is 3.56. The zero-order valence-corrected chi connectivity index (χ0v) is 13.7. The molecule has 22 heavy (non-hydrogen) atoms. The predicted octanol–water partition coefficient (Wildman–Crippen LogP) is 3.30. The van der Waals surface area contributed by atoms with Crippen molar-refractivity contribution in [3.63, 3.8) is 0 Å². The second-order valence-corrected chi connectivity index (χ2v) is 6.30. The fourth-order valence-corrected chi connectivity index (χ4v) is 3.06. The summed E-state index contributed by atoms with van der Waals surface area (Å²) in [5.74, 6) is 0.107. The van der Waals surface area contributed by atoms with Crippen molar-refractivity contribution in [3.8, 4) is 0 Å². The highest BCUT2D eigenvalue weighted by Crippen LogP contribution is 2.46. The number of rotatable bonds is 2. The number of benzene rings is 2. The van der Waals surface area contributed by atoms with Crippen LogP contribution in [0.3, 0.4) is 0 Å². The highest BCUT2D eigenvalue weighted by atomic mass is 35.5. The molecule has 0 aliphatic carbocycles. The van der Waals surface area contributed by atoms with Gasteiger partial charge in [0.15, 0.2) is 5.60 Å². The van der Waals surface area contributed by atoms with Crippen LogP contribution in [0.15, 0.2) is 41.4 Å². The average molecular weight is 336 g/mol. The maximum Gasteiger partial charge on any atom is 0.176 e. The van der Waals surface area contributed by atoms with Crippen LogP contribution in [-0.2, 0) is 5.60 Å². The van der Waals surface area contributed by atoms with E-state index in [1.54, 1.807) is 30.3 Å². The Balaban J connectivity index is 2.31. The van der Waals surface area contributed by atoms with Gasteiger partial charge in [-0.1, -0.05) is 23.2 Å². The van der Waals surface area contributed by atoms with Crippen LogP contribution in [0, 0.1) is 0 Å². The second kappa shape index (κ2) is 5.16. The molecule has 2 aromatic carbocycles. The molecule has 1 aliphatic rings. The molecule has 0 aromatic heterocycles. The van der Waals surface area contributed by atoms with Gasteiger partial charge in [0.25, 0.3) is 0 Å². The number of nitrogens with zero attached hydrogens (tertiary/aromatic N) is 2. The zero-order valence-electron chi connectivity index (χ0n) is 12.1. The van der Waals surface area contributed by atoms with Crippen molar-refractivity contribution in [1.29, 1.82) is 0 Å². The first-order valence-corrected chi connectivity index (χ1v) is 7.44. The van der Waals surface area contributed by atoms with Crippen LogP contribution < -0.4 is 10.6 Å². The number of nitrogens with two attached hydrogens (primary N) is 1. The van der Waals surface area contributed by atoms with Gasteiger partial charge in [0, 0.05) is 41.0 Å². The smallest absolute Gasteiger partial charge is 0.176 e. The molecule has 114 valence electrons. The molecule has 0 bridgehead atoms. The second-order valence-electron chi connectivity index (χ2n) is 5.42.